The first-order chi connectivity index (χ1) is 10.6. The number of carbonyl (C=O) groups is 1. The average molecular weight is 311 g/mol. The average Bonchev–Trinajstić information content (AvgIpc) is 2.86. The SMILES string of the molecule is Cn1c(C(C#N)C(=O)c2ccc(Cl)nc2)nc2ccccc21. The van der Waals surface area contributed by atoms with Gasteiger partial charge in [-0.1, -0.05) is 23.7 Å². The molecule has 1 unspecified atom stereocenters. The minimum Gasteiger partial charge on any atom is -0.330 e. The zero-order valence-electron chi connectivity index (χ0n) is 11.7. The number of aryl methyl sites for hydroxylation is 1. The number of nitrogens with zero attached hydrogens (tertiary/aromatic N) is 4. The summed E-state index contributed by atoms with van der Waals surface area (Å²) in [6.45, 7) is 0. The van der Waals surface area contributed by atoms with Crippen molar-refractivity contribution in [2.24, 2.45) is 7.05 Å². The lowest BCUT2D eigenvalue weighted by atomic mass is 9.99. The highest BCUT2D eigenvalue weighted by molar-refractivity contribution is 6.29. The van der Waals surface area contributed by atoms with E-state index in [-0.39, 0.29) is 5.78 Å². The number of Topliss-reactive ketones (excluding diaryl/α,β-unsaturated/α-hetero) is 1. The lowest BCUT2D eigenvalue weighted by molar-refractivity contribution is 0.0975. The smallest absolute Gasteiger partial charge is 0.189 e. The van der Waals surface area contributed by atoms with Gasteiger partial charge in [-0.3, -0.25) is 4.79 Å². The number of benzene rings is 1. The Kier molecular flexibility index (Phi) is 3.61. The number of hydrogen-bond donors (Lipinski definition) is 0. The van der Waals surface area contributed by atoms with Crippen LogP contribution in [0.1, 0.15) is 22.1 Å². The summed E-state index contributed by atoms with van der Waals surface area (Å²) in [7, 11) is 1.79. The van der Waals surface area contributed by atoms with E-state index in [2.05, 4.69) is 9.97 Å². The predicted molar refractivity (Wildman–Crippen MR) is 82.6 cm³/mol. The molecule has 2 heterocycles. The Morgan fingerprint density at radius 3 is 2.73 bits per heavy atom. The van der Waals surface area contributed by atoms with E-state index in [9.17, 15) is 10.1 Å². The Labute approximate surface area is 131 Å². The van der Waals surface area contributed by atoms with Crippen molar-refractivity contribution >= 4 is 28.4 Å². The topological polar surface area (TPSA) is 71.6 Å². The first-order valence-electron chi connectivity index (χ1n) is 6.58. The van der Waals surface area contributed by atoms with Crippen LogP contribution in [0.3, 0.4) is 0 Å². The number of carbonyl (C=O) groups excluding carboxylic acids is 1. The lowest BCUT2D eigenvalue weighted by Gasteiger charge is -2.08. The summed E-state index contributed by atoms with van der Waals surface area (Å²) in [5.74, 6) is -0.908. The van der Waals surface area contributed by atoms with Crippen LogP contribution in [0.15, 0.2) is 42.6 Å². The van der Waals surface area contributed by atoms with Gasteiger partial charge in [-0.05, 0) is 24.3 Å². The van der Waals surface area contributed by atoms with Crippen molar-refractivity contribution in [2.45, 2.75) is 5.92 Å². The third-order valence-corrected chi connectivity index (χ3v) is 3.71. The number of para-hydroxylation sites is 2. The van der Waals surface area contributed by atoms with Gasteiger partial charge in [-0.2, -0.15) is 5.26 Å². The molecule has 0 fully saturated rings. The summed E-state index contributed by atoms with van der Waals surface area (Å²) in [5.41, 5.74) is 1.96. The molecule has 0 bridgehead atoms. The summed E-state index contributed by atoms with van der Waals surface area (Å²) in [6.07, 6.45) is 1.37. The number of ketones is 1. The molecule has 3 rings (SSSR count). The molecular formula is C16H11ClN4O. The highest BCUT2D eigenvalue weighted by atomic mass is 35.5. The molecule has 5 nitrogen and oxygen atoms in total. The molecule has 0 amide bonds. The number of pyridine rings is 1. The first kappa shape index (κ1) is 14.2. The van der Waals surface area contributed by atoms with Gasteiger partial charge >= 0.3 is 0 Å². The van der Waals surface area contributed by atoms with Gasteiger partial charge in [0.25, 0.3) is 0 Å². The first-order valence-corrected chi connectivity index (χ1v) is 6.96. The molecule has 1 aromatic carbocycles. The summed E-state index contributed by atoms with van der Waals surface area (Å²) < 4.78 is 1.77. The van der Waals surface area contributed by atoms with Gasteiger partial charge in [-0.15, -0.1) is 0 Å². The molecule has 0 radical (unpaired) electrons. The van der Waals surface area contributed by atoms with Crippen molar-refractivity contribution in [3.63, 3.8) is 0 Å². The molecule has 0 spiro atoms. The van der Waals surface area contributed by atoms with Crippen molar-refractivity contribution in [1.29, 1.82) is 5.26 Å². The molecule has 108 valence electrons. The minimum atomic E-state index is -0.986. The molecule has 0 aliphatic heterocycles. The van der Waals surface area contributed by atoms with Gasteiger partial charge in [0.1, 0.15) is 11.0 Å². The van der Waals surface area contributed by atoms with E-state index < -0.39 is 5.92 Å². The van der Waals surface area contributed by atoms with E-state index in [1.54, 1.807) is 17.7 Å². The molecule has 2 aromatic heterocycles. The zero-order valence-corrected chi connectivity index (χ0v) is 12.4. The molecule has 0 saturated carbocycles. The fraction of sp³-hybridized carbons (Fsp3) is 0.125. The number of hydrogen-bond acceptors (Lipinski definition) is 4. The number of aromatic nitrogens is 3. The number of halogens is 1. The summed E-state index contributed by atoms with van der Waals surface area (Å²) in [4.78, 5) is 20.9. The van der Waals surface area contributed by atoms with E-state index in [0.717, 1.165) is 11.0 Å². The summed E-state index contributed by atoms with van der Waals surface area (Å²) >= 11 is 5.72. The zero-order chi connectivity index (χ0) is 15.7. The van der Waals surface area contributed by atoms with Crippen LogP contribution in [0, 0.1) is 11.3 Å². The Balaban J connectivity index is 2.06. The van der Waals surface area contributed by atoms with E-state index in [4.69, 9.17) is 11.6 Å². The highest BCUT2D eigenvalue weighted by Crippen LogP contribution is 2.24. The number of nitriles is 1. The molecule has 22 heavy (non-hydrogen) atoms. The Morgan fingerprint density at radius 1 is 1.32 bits per heavy atom. The van der Waals surface area contributed by atoms with Gasteiger partial charge in [-0.25, -0.2) is 9.97 Å². The molecule has 0 saturated heterocycles. The maximum absolute atomic E-state index is 12.6. The Hall–Kier alpha value is -2.71. The van der Waals surface area contributed by atoms with Gasteiger partial charge < -0.3 is 4.57 Å². The maximum atomic E-state index is 12.6. The Bertz CT molecular complexity index is 893. The second kappa shape index (κ2) is 5.58. The van der Waals surface area contributed by atoms with Crippen molar-refractivity contribution in [3.05, 3.63) is 59.1 Å². The number of imidazole rings is 1. The van der Waals surface area contributed by atoms with Crippen LogP contribution in [-0.4, -0.2) is 20.3 Å². The summed E-state index contributed by atoms with van der Waals surface area (Å²) in [5, 5.41) is 9.74. The van der Waals surface area contributed by atoms with Crippen LogP contribution >= 0.6 is 11.6 Å². The van der Waals surface area contributed by atoms with Crippen LogP contribution in [-0.2, 0) is 7.05 Å². The fourth-order valence-electron chi connectivity index (χ4n) is 2.34. The number of fused-ring (bicyclic) bond motifs is 1. The monoisotopic (exact) mass is 310 g/mol. The van der Waals surface area contributed by atoms with Gasteiger partial charge in [0.2, 0.25) is 0 Å². The molecule has 0 aliphatic rings. The predicted octanol–water partition coefficient (Wildman–Crippen LogP) is 3.11. The van der Waals surface area contributed by atoms with Crippen LogP contribution in [0.25, 0.3) is 11.0 Å². The molecule has 0 N–H and O–H groups in total. The summed E-state index contributed by atoms with van der Waals surface area (Å²) in [6, 6.07) is 12.6. The third kappa shape index (κ3) is 2.34. The second-order valence-corrected chi connectivity index (χ2v) is 5.20. The standard InChI is InChI=1S/C16H11ClN4O/c1-21-13-5-3-2-4-12(13)20-16(21)11(8-18)15(22)10-6-7-14(17)19-9-10/h2-7,9,11H,1H3. The van der Waals surface area contributed by atoms with E-state index in [1.807, 2.05) is 30.3 Å². The molecule has 3 aromatic rings. The van der Waals surface area contributed by atoms with Gasteiger partial charge in [0.05, 0.1) is 17.1 Å². The fourth-order valence-corrected chi connectivity index (χ4v) is 2.46. The van der Waals surface area contributed by atoms with E-state index >= 15 is 0 Å². The van der Waals surface area contributed by atoms with E-state index in [1.165, 1.54) is 12.3 Å². The quantitative estimate of drug-likeness (QED) is 0.550. The van der Waals surface area contributed by atoms with E-state index in [0.29, 0.717) is 16.5 Å². The molecule has 1 atom stereocenters. The molecular weight excluding hydrogens is 300 g/mol. The lowest BCUT2D eigenvalue weighted by Crippen LogP contribution is -2.15. The molecule has 6 heteroatoms. The van der Waals surface area contributed by atoms with Crippen LogP contribution < -0.4 is 0 Å². The van der Waals surface area contributed by atoms with Crippen molar-refractivity contribution < 1.29 is 4.79 Å². The molecule has 0 aliphatic carbocycles. The second-order valence-electron chi connectivity index (χ2n) is 4.81. The Morgan fingerprint density at radius 2 is 2.09 bits per heavy atom. The maximum Gasteiger partial charge on any atom is 0.189 e. The highest BCUT2D eigenvalue weighted by Gasteiger charge is 2.27. The van der Waals surface area contributed by atoms with Gasteiger partial charge in [0.15, 0.2) is 11.7 Å². The van der Waals surface area contributed by atoms with Crippen LogP contribution in [0.5, 0.6) is 0 Å². The normalized spacial score (nSPS) is 12.0. The largest absolute Gasteiger partial charge is 0.330 e. The van der Waals surface area contributed by atoms with Crippen LogP contribution in [0.2, 0.25) is 5.15 Å². The number of rotatable bonds is 3. The third-order valence-electron chi connectivity index (χ3n) is 3.48. The van der Waals surface area contributed by atoms with Gasteiger partial charge in [0, 0.05) is 18.8 Å². The van der Waals surface area contributed by atoms with Crippen molar-refractivity contribution in [1.82, 2.24) is 14.5 Å². The van der Waals surface area contributed by atoms with Crippen LogP contribution in [0.4, 0.5) is 0 Å². The minimum absolute atomic E-state index is 0.299. The van der Waals surface area contributed by atoms with Crippen molar-refractivity contribution in [2.75, 3.05) is 0 Å². The van der Waals surface area contributed by atoms with Crippen molar-refractivity contribution in [3.8, 4) is 6.07 Å².